The molecule has 0 fully saturated rings. The molecule has 5 nitrogen and oxygen atoms in total. The van der Waals surface area contributed by atoms with Crippen LogP contribution in [0.15, 0.2) is 22.8 Å². The normalized spacial score (nSPS) is 10.9. The highest BCUT2D eigenvalue weighted by Gasteiger charge is 2.30. The molecule has 0 aliphatic rings. The number of carbonyl (C=O) groups is 2. The lowest BCUT2D eigenvalue weighted by Gasteiger charge is -2.20. The number of rotatable bonds is 3. The first kappa shape index (κ1) is 12.6. The third-order valence-electron chi connectivity index (χ3n) is 1.93. The van der Waals surface area contributed by atoms with Gasteiger partial charge >= 0.3 is 5.97 Å². The highest BCUT2D eigenvalue weighted by molar-refractivity contribution is 9.10. The molecule has 6 heteroatoms. The van der Waals surface area contributed by atoms with Crippen molar-refractivity contribution < 1.29 is 14.7 Å². The van der Waals surface area contributed by atoms with E-state index in [1.165, 1.54) is 20.0 Å². The van der Waals surface area contributed by atoms with Crippen molar-refractivity contribution in [3.8, 4) is 0 Å². The molecule has 1 aromatic heterocycles. The van der Waals surface area contributed by atoms with E-state index in [2.05, 4.69) is 26.2 Å². The molecule has 1 rings (SSSR count). The van der Waals surface area contributed by atoms with Gasteiger partial charge in [-0.25, -0.2) is 9.78 Å². The van der Waals surface area contributed by atoms with E-state index in [9.17, 15) is 9.59 Å². The van der Waals surface area contributed by atoms with E-state index in [1.807, 2.05) is 0 Å². The van der Waals surface area contributed by atoms with E-state index < -0.39 is 17.4 Å². The van der Waals surface area contributed by atoms with Gasteiger partial charge in [0.15, 0.2) is 0 Å². The fraction of sp³-hybridized carbons (Fsp3) is 0.300. The van der Waals surface area contributed by atoms with Crippen molar-refractivity contribution in [2.45, 2.75) is 19.4 Å². The second-order valence-electron chi connectivity index (χ2n) is 3.72. The number of hydrogen-bond donors (Lipinski definition) is 2. The molecule has 16 heavy (non-hydrogen) atoms. The SMILES string of the molecule is CC(C)(NC(=O)c1ncccc1Br)C(=O)O. The van der Waals surface area contributed by atoms with Crippen LogP contribution in [-0.2, 0) is 4.79 Å². The van der Waals surface area contributed by atoms with Gasteiger partial charge in [0.1, 0.15) is 11.2 Å². The van der Waals surface area contributed by atoms with Gasteiger partial charge in [0.2, 0.25) is 0 Å². The summed E-state index contributed by atoms with van der Waals surface area (Å²) in [6, 6.07) is 3.33. The van der Waals surface area contributed by atoms with E-state index >= 15 is 0 Å². The Morgan fingerprint density at radius 2 is 2.12 bits per heavy atom. The summed E-state index contributed by atoms with van der Waals surface area (Å²) in [5.41, 5.74) is -1.16. The molecule has 0 saturated carbocycles. The quantitative estimate of drug-likeness (QED) is 0.881. The number of carbonyl (C=O) groups excluding carboxylic acids is 1. The Bertz CT molecular complexity index is 432. The molecule has 0 aliphatic carbocycles. The molecule has 0 saturated heterocycles. The Kier molecular flexibility index (Phi) is 3.64. The minimum Gasteiger partial charge on any atom is -0.480 e. The van der Waals surface area contributed by atoms with Crippen molar-refractivity contribution in [3.05, 3.63) is 28.5 Å². The van der Waals surface area contributed by atoms with E-state index in [0.717, 1.165) is 0 Å². The van der Waals surface area contributed by atoms with Crippen LogP contribution in [0.25, 0.3) is 0 Å². The number of nitrogens with one attached hydrogen (secondary N) is 1. The summed E-state index contributed by atoms with van der Waals surface area (Å²) in [7, 11) is 0. The van der Waals surface area contributed by atoms with Gasteiger partial charge in [0.25, 0.3) is 5.91 Å². The number of aliphatic carboxylic acids is 1. The molecular formula is C10H11BrN2O3. The Morgan fingerprint density at radius 1 is 1.50 bits per heavy atom. The summed E-state index contributed by atoms with van der Waals surface area (Å²) in [6.45, 7) is 2.81. The predicted octanol–water partition coefficient (Wildman–Crippen LogP) is 1.44. The number of aromatic nitrogens is 1. The number of pyridine rings is 1. The maximum Gasteiger partial charge on any atom is 0.328 e. The lowest BCUT2D eigenvalue weighted by molar-refractivity contribution is -0.143. The third-order valence-corrected chi connectivity index (χ3v) is 2.57. The highest BCUT2D eigenvalue weighted by Crippen LogP contribution is 2.14. The summed E-state index contributed by atoms with van der Waals surface area (Å²) in [5, 5.41) is 11.2. The second-order valence-corrected chi connectivity index (χ2v) is 4.57. The van der Waals surface area contributed by atoms with Crippen LogP contribution >= 0.6 is 15.9 Å². The molecule has 2 N–H and O–H groups in total. The summed E-state index contributed by atoms with van der Waals surface area (Å²) in [5.74, 6) is -1.63. The number of amides is 1. The highest BCUT2D eigenvalue weighted by atomic mass is 79.9. The molecule has 0 aliphatic heterocycles. The minimum absolute atomic E-state index is 0.164. The third kappa shape index (κ3) is 2.79. The van der Waals surface area contributed by atoms with Crippen LogP contribution in [-0.4, -0.2) is 27.5 Å². The zero-order valence-corrected chi connectivity index (χ0v) is 10.4. The Hall–Kier alpha value is -1.43. The van der Waals surface area contributed by atoms with Crippen LogP contribution in [0, 0.1) is 0 Å². The summed E-state index contributed by atoms with van der Waals surface area (Å²) >= 11 is 3.17. The molecule has 0 bridgehead atoms. The van der Waals surface area contributed by atoms with Crippen molar-refractivity contribution in [1.82, 2.24) is 10.3 Å². The molecule has 1 amide bonds. The number of hydrogen-bond acceptors (Lipinski definition) is 3. The first-order chi connectivity index (χ1) is 7.34. The van der Waals surface area contributed by atoms with Gasteiger partial charge in [-0.15, -0.1) is 0 Å². The molecule has 0 atom stereocenters. The fourth-order valence-corrected chi connectivity index (χ4v) is 1.38. The van der Waals surface area contributed by atoms with Crippen molar-refractivity contribution in [1.29, 1.82) is 0 Å². The zero-order chi connectivity index (χ0) is 12.3. The zero-order valence-electron chi connectivity index (χ0n) is 8.82. The molecule has 1 heterocycles. The maximum atomic E-state index is 11.7. The molecule has 0 radical (unpaired) electrons. The Balaban J connectivity index is 2.89. The van der Waals surface area contributed by atoms with Crippen molar-refractivity contribution >= 4 is 27.8 Å². The van der Waals surface area contributed by atoms with Gasteiger partial charge in [0.05, 0.1) is 0 Å². The topological polar surface area (TPSA) is 79.3 Å². The number of nitrogens with zero attached hydrogens (tertiary/aromatic N) is 1. The summed E-state index contributed by atoms with van der Waals surface area (Å²) in [4.78, 5) is 26.4. The molecule has 0 spiro atoms. The number of carboxylic acids is 1. The van der Waals surface area contributed by atoms with Crippen LogP contribution in [0.5, 0.6) is 0 Å². The first-order valence-corrected chi connectivity index (χ1v) is 5.30. The van der Waals surface area contributed by atoms with Crippen LogP contribution in [0.2, 0.25) is 0 Å². The summed E-state index contributed by atoms with van der Waals surface area (Å²) in [6.07, 6.45) is 1.47. The van der Waals surface area contributed by atoms with E-state index in [4.69, 9.17) is 5.11 Å². The largest absolute Gasteiger partial charge is 0.480 e. The molecule has 0 aromatic carbocycles. The lowest BCUT2D eigenvalue weighted by atomic mass is 10.1. The molecule has 0 unspecified atom stereocenters. The van der Waals surface area contributed by atoms with Crippen molar-refractivity contribution in [3.63, 3.8) is 0 Å². The molecule has 86 valence electrons. The van der Waals surface area contributed by atoms with Gasteiger partial charge in [-0.05, 0) is 41.9 Å². The van der Waals surface area contributed by atoms with E-state index in [-0.39, 0.29) is 5.69 Å². The van der Waals surface area contributed by atoms with Crippen LogP contribution in [0.4, 0.5) is 0 Å². The standard InChI is InChI=1S/C10H11BrN2O3/c1-10(2,9(15)16)13-8(14)7-6(11)4-3-5-12-7/h3-5H,1-2H3,(H,13,14)(H,15,16). The first-order valence-electron chi connectivity index (χ1n) is 4.51. The molecule has 1 aromatic rings. The van der Waals surface area contributed by atoms with Crippen LogP contribution in [0.1, 0.15) is 24.3 Å². The maximum absolute atomic E-state index is 11.7. The fourth-order valence-electron chi connectivity index (χ4n) is 0.949. The van der Waals surface area contributed by atoms with Gasteiger partial charge in [0, 0.05) is 10.7 Å². The van der Waals surface area contributed by atoms with Gasteiger partial charge in [-0.1, -0.05) is 0 Å². The van der Waals surface area contributed by atoms with Crippen molar-refractivity contribution in [2.24, 2.45) is 0 Å². The Labute approximate surface area is 101 Å². The average Bonchev–Trinajstić information content (AvgIpc) is 2.17. The van der Waals surface area contributed by atoms with Gasteiger partial charge in [-0.3, -0.25) is 4.79 Å². The minimum atomic E-state index is -1.33. The van der Waals surface area contributed by atoms with Crippen LogP contribution < -0.4 is 5.32 Å². The van der Waals surface area contributed by atoms with Crippen molar-refractivity contribution in [2.75, 3.05) is 0 Å². The van der Waals surface area contributed by atoms with Gasteiger partial charge < -0.3 is 10.4 Å². The van der Waals surface area contributed by atoms with Gasteiger partial charge in [-0.2, -0.15) is 0 Å². The second kappa shape index (κ2) is 4.61. The lowest BCUT2D eigenvalue weighted by Crippen LogP contribution is -2.49. The van der Waals surface area contributed by atoms with Crippen LogP contribution in [0.3, 0.4) is 0 Å². The monoisotopic (exact) mass is 286 g/mol. The smallest absolute Gasteiger partial charge is 0.328 e. The van der Waals surface area contributed by atoms with E-state index in [1.54, 1.807) is 12.1 Å². The summed E-state index contributed by atoms with van der Waals surface area (Å²) < 4.78 is 0.522. The predicted molar refractivity (Wildman–Crippen MR) is 61.1 cm³/mol. The average molecular weight is 287 g/mol. The number of carboxylic acid groups (broad SMARTS) is 1. The number of halogens is 1. The van der Waals surface area contributed by atoms with E-state index in [0.29, 0.717) is 4.47 Å². The Morgan fingerprint density at radius 3 is 2.62 bits per heavy atom. The molecular weight excluding hydrogens is 276 g/mol.